The maximum atomic E-state index is 13.8. The van der Waals surface area contributed by atoms with Crippen LogP contribution in [0.5, 0.6) is 0 Å². The van der Waals surface area contributed by atoms with Gasteiger partial charge in [-0.05, 0) is 6.07 Å². The van der Waals surface area contributed by atoms with E-state index in [0.29, 0.717) is 18.0 Å². The van der Waals surface area contributed by atoms with Gasteiger partial charge in [0.1, 0.15) is 17.2 Å². The van der Waals surface area contributed by atoms with Gasteiger partial charge in [0.15, 0.2) is 0 Å². The van der Waals surface area contributed by atoms with Crippen LogP contribution >= 0.6 is 0 Å². The van der Waals surface area contributed by atoms with Crippen LogP contribution in [0.1, 0.15) is 16.2 Å². The van der Waals surface area contributed by atoms with E-state index >= 15 is 0 Å². The van der Waals surface area contributed by atoms with Crippen molar-refractivity contribution in [2.75, 3.05) is 0 Å². The predicted molar refractivity (Wildman–Crippen MR) is 67.4 cm³/mol. The average molecular weight is 296 g/mol. The van der Waals surface area contributed by atoms with Gasteiger partial charge in [-0.1, -0.05) is 0 Å². The Bertz CT molecular complexity index is 715. The van der Waals surface area contributed by atoms with Crippen molar-refractivity contribution in [3.63, 3.8) is 0 Å². The minimum atomic E-state index is -1.50. The summed E-state index contributed by atoms with van der Waals surface area (Å²) in [5.41, 5.74) is -1.95. The van der Waals surface area contributed by atoms with Crippen LogP contribution in [0.25, 0.3) is 0 Å². The lowest BCUT2D eigenvalue weighted by atomic mass is 10.1. The highest BCUT2D eigenvalue weighted by atomic mass is 19.1. The summed E-state index contributed by atoms with van der Waals surface area (Å²) in [5, 5.41) is 12.9. The van der Waals surface area contributed by atoms with Crippen LogP contribution in [0, 0.1) is 21.7 Å². The van der Waals surface area contributed by atoms with Gasteiger partial charge in [-0.25, -0.2) is 9.37 Å². The van der Waals surface area contributed by atoms with Gasteiger partial charge in [-0.2, -0.15) is 4.39 Å². The third-order valence-corrected chi connectivity index (χ3v) is 2.82. The van der Waals surface area contributed by atoms with Crippen molar-refractivity contribution in [1.29, 1.82) is 0 Å². The van der Waals surface area contributed by atoms with Crippen molar-refractivity contribution in [1.82, 2.24) is 14.9 Å². The smallest absolute Gasteiger partial charge is 0.305 e. The highest BCUT2D eigenvalue weighted by Crippen LogP contribution is 2.22. The first-order valence-corrected chi connectivity index (χ1v) is 5.78. The van der Waals surface area contributed by atoms with Crippen LogP contribution in [-0.4, -0.2) is 20.4 Å². The quantitative estimate of drug-likeness (QED) is 0.684. The van der Waals surface area contributed by atoms with Crippen molar-refractivity contribution < 1.29 is 18.5 Å². The zero-order chi connectivity index (χ0) is 15.6. The van der Waals surface area contributed by atoms with Gasteiger partial charge in [0.05, 0.1) is 11.5 Å². The molecular formula is C12H10F2N4O3. The average Bonchev–Trinajstić information content (AvgIpc) is 2.81. The van der Waals surface area contributed by atoms with Gasteiger partial charge in [0, 0.05) is 25.5 Å². The number of aryl methyl sites for hydroxylation is 1. The fourth-order valence-corrected chi connectivity index (χ4v) is 1.71. The zero-order valence-corrected chi connectivity index (χ0v) is 10.8. The molecule has 0 aliphatic carbocycles. The van der Waals surface area contributed by atoms with E-state index in [-0.39, 0.29) is 6.54 Å². The number of benzene rings is 1. The largest absolute Gasteiger partial charge is 0.345 e. The molecule has 1 heterocycles. The predicted octanol–water partition coefficient (Wildman–Crippen LogP) is 1.54. The molecule has 110 valence electrons. The summed E-state index contributed by atoms with van der Waals surface area (Å²) in [4.78, 5) is 25.3. The Morgan fingerprint density at radius 3 is 2.76 bits per heavy atom. The molecule has 0 spiro atoms. The summed E-state index contributed by atoms with van der Waals surface area (Å²) in [6.45, 7) is -0.0656. The van der Waals surface area contributed by atoms with Crippen LogP contribution in [0.4, 0.5) is 14.5 Å². The van der Waals surface area contributed by atoms with Crippen molar-refractivity contribution in [3.8, 4) is 0 Å². The van der Waals surface area contributed by atoms with Gasteiger partial charge >= 0.3 is 5.69 Å². The second-order valence-electron chi connectivity index (χ2n) is 4.15. The lowest BCUT2D eigenvalue weighted by molar-refractivity contribution is -0.387. The van der Waals surface area contributed by atoms with E-state index in [0.717, 1.165) is 0 Å². The molecule has 21 heavy (non-hydrogen) atoms. The number of imidazole rings is 1. The van der Waals surface area contributed by atoms with Crippen molar-refractivity contribution in [2.45, 2.75) is 6.54 Å². The summed E-state index contributed by atoms with van der Waals surface area (Å²) in [7, 11) is 1.68. The molecule has 0 radical (unpaired) electrons. The number of halogens is 2. The molecule has 0 bridgehead atoms. The number of carbonyl (C=O) groups excluding carboxylic acids is 1. The molecule has 9 heteroatoms. The Morgan fingerprint density at radius 1 is 1.48 bits per heavy atom. The van der Waals surface area contributed by atoms with Crippen molar-refractivity contribution in [3.05, 3.63) is 57.7 Å². The molecule has 0 saturated carbocycles. The molecule has 7 nitrogen and oxygen atoms in total. The van der Waals surface area contributed by atoms with Gasteiger partial charge in [-0.15, -0.1) is 0 Å². The van der Waals surface area contributed by atoms with E-state index in [4.69, 9.17) is 0 Å². The Kier molecular flexibility index (Phi) is 3.92. The minimum absolute atomic E-state index is 0.0656. The Hall–Kier alpha value is -2.84. The van der Waals surface area contributed by atoms with Crippen LogP contribution in [0.15, 0.2) is 24.5 Å². The number of nitro benzene ring substituents is 1. The van der Waals surface area contributed by atoms with Crippen molar-refractivity contribution in [2.24, 2.45) is 7.05 Å². The zero-order valence-electron chi connectivity index (χ0n) is 10.8. The molecule has 1 N–H and O–H groups in total. The molecule has 0 aliphatic heterocycles. The molecule has 2 aromatic rings. The molecule has 0 unspecified atom stereocenters. The van der Waals surface area contributed by atoms with Crippen LogP contribution < -0.4 is 5.32 Å². The van der Waals surface area contributed by atoms with Crippen LogP contribution in [-0.2, 0) is 13.6 Å². The van der Waals surface area contributed by atoms with Crippen molar-refractivity contribution >= 4 is 11.6 Å². The molecule has 0 atom stereocenters. The normalized spacial score (nSPS) is 10.4. The monoisotopic (exact) mass is 296 g/mol. The van der Waals surface area contributed by atoms with E-state index < -0.39 is 33.7 Å². The molecule has 2 rings (SSSR count). The number of nitro groups is 1. The minimum Gasteiger partial charge on any atom is -0.345 e. The summed E-state index contributed by atoms with van der Waals surface area (Å²) in [6, 6.07) is 1.34. The van der Waals surface area contributed by atoms with Gasteiger partial charge in [-0.3, -0.25) is 14.9 Å². The summed E-state index contributed by atoms with van der Waals surface area (Å²) < 4.78 is 29.0. The third-order valence-electron chi connectivity index (χ3n) is 2.82. The highest BCUT2D eigenvalue weighted by Gasteiger charge is 2.26. The number of amides is 1. The maximum absolute atomic E-state index is 13.8. The second kappa shape index (κ2) is 5.65. The molecule has 1 aromatic carbocycles. The standard InChI is InChI=1S/C12H10F2N4O3/c1-17-5-4-15-9(17)6-16-12(19)10-7(13)2-3-8(11(10)14)18(20)21/h2-5H,6H2,1H3,(H,16,19). The summed E-state index contributed by atoms with van der Waals surface area (Å²) in [6.07, 6.45) is 3.13. The summed E-state index contributed by atoms with van der Waals surface area (Å²) >= 11 is 0. The van der Waals surface area contributed by atoms with E-state index in [9.17, 15) is 23.7 Å². The van der Waals surface area contributed by atoms with Crippen LogP contribution in [0.2, 0.25) is 0 Å². The highest BCUT2D eigenvalue weighted by molar-refractivity contribution is 5.95. The Labute approximate surface area is 117 Å². The molecule has 1 amide bonds. The molecule has 0 fully saturated rings. The topological polar surface area (TPSA) is 90.1 Å². The first-order chi connectivity index (χ1) is 9.91. The van der Waals surface area contributed by atoms with Crippen LogP contribution in [0.3, 0.4) is 0 Å². The van der Waals surface area contributed by atoms with Gasteiger partial charge in [0.2, 0.25) is 5.82 Å². The number of nitrogens with zero attached hydrogens (tertiary/aromatic N) is 3. The number of carbonyl (C=O) groups is 1. The Morgan fingerprint density at radius 2 is 2.19 bits per heavy atom. The van der Waals surface area contributed by atoms with E-state index in [1.807, 2.05) is 0 Å². The number of hydrogen-bond acceptors (Lipinski definition) is 4. The first kappa shape index (κ1) is 14.6. The summed E-state index contributed by atoms with van der Waals surface area (Å²) in [5.74, 6) is -3.29. The SMILES string of the molecule is Cn1ccnc1CNC(=O)c1c(F)ccc([N+](=O)[O-])c1F. The van der Waals surface area contributed by atoms with Gasteiger partial charge < -0.3 is 9.88 Å². The fraction of sp³-hybridized carbons (Fsp3) is 0.167. The Balaban J connectivity index is 2.25. The number of hydrogen-bond donors (Lipinski definition) is 1. The van der Waals surface area contributed by atoms with E-state index in [2.05, 4.69) is 10.3 Å². The lowest BCUT2D eigenvalue weighted by Gasteiger charge is -2.07. The third kappa shape index (κ3) is 2.86. The number of aromatic nitrogens is 2. The number of nitrogens with one attached hydrogen (secondary N) is 1. The van der Waals surface area contributed by atoms with E-state index in [1.165, 1.54) is 6.20 Å². The molecule has 1 aromatic heterocycles. The van der Waals surface area contributed by atoms with E-state index in [1.54, 1.807) is 17.8 Å². The maximum Gasteiger partial charge on any atom is 0.305 e. The van der Waals surface area contributed by atoms with Gasteiger partial charge in [0.25, 0.3) is 5.91 Å². The molecule has 0 saturated heterocycles. The molecule has 0 aliphatic rings. The lowest BCUT2D eigenvalue weighted by Crippen LogP contribution is -2.26. The number of rotatable bonds is 4. The molecular weight excluding hydrogens is 286 g/mol. The second-order valence-corrected chi connectivity index (χ2v) is 4.15. The first-order valence-electron chi connectivity index (χ1n) is 5.78. The fourth-order valence-electron chi connectivity index (χ4n) is 1.71.